The zero-order chi connectivity index (χ0) is 7.56. The van der Waals surface area contributed by atoms with E-state index in [1.807, 2.05) is 0 Å². The largest absolute Gasteiger partial charge is 0.480 e. The van der Waals surface area contributed by atoms with Gasteiger partial charge in [0, 0.05) is 6.21 Å². The van der Waals surface area contributed by atoms with Crippen LogP contribution in [0.15, 0.2) is 10.2 Å². The van der Waals surface area contributed by atoms with Crippen LogP contribution >= 0.6 is 0 Å². The molecule has 5 nitrogen and oxygen atoms in total. The van der Waals surface area contributed by atoms with Crippen LogP contribution in [-0.2, 0) is 9.59 Å². The van der Waals surface area contributed by atoms with E-state index in [9.17, 15) is 9.59 Å². The van der Waals surface area contributed by atoms with Crippen LogP contribution in [-0.4, -0.2) is 29.3 Å². The minimum Gasteiger partial charge on any atom is -0.480 e. The zero-order valence-corrected chi connectivity index (χ0v) is 4.89. The van der Waals surface area contributed by atoms with Gasteiger partial charge < -0.3 is 5.11 Å². The first-order chi connectivity index (χ1) is 4.72. The number of nitrogens with zero attached hydrogens (tertiary/aromatic N) is 2. The molecule has 0 bridgehead atoms. The third-order valence-electron chi connectivity index (χ3n) is 1.04. The Kier molecular flexibility index (Phi) is 1.57. The maximum Gasteiger partial charge on any atom is 0.320 e. The highest BCUT2D eigenvalue weighted by Crippen LogP contribution is 1.98. The van der Waals surface area contributed by atoms with Gasteiger partial charge in [-0.05, 0) is 0 Å². The van der Waals surface area contributed by atoms with Gasteiger partial charge in [-0.1, -0.05) is 0 Å². The SMILES string of the molecule is O=C(O)C1C=NN=CC1=O. The van der Waals surface area contributed by atoms with E-state index in [-0.39, 0.29) is 0 Å². The molecular weight excluding hydrogens is 136 g/mol. The van der Waals surface area contributed by atoms with Gasteiger partial charge in [0.05, 0.1) is 6.21 Å². The van der Waals surface area contributed by atoms with Gasteiger partial charge in [0.1, 0.15) is 0 Å². The van der Waals surface area contributed by atoms with Crippen molar-refractivity contribution in [3.63, 3.8) is 0 Å². The minimum absolute atomic E-state index is 0.539. The molecule has 1 unspecified atom stereocenters. The summed E-state index contributed by atoms with van der Waals surface area (Å²) in [4.78, 5) is 20.8. The number of hydrogen-bond acceptors (Lipinski definition) is 4. The second-order valence-electron chi connectivity index (χ2n) is 1.73. The Labute approximate surface area is 56.1 Å². The minimum atomic E-state index is -1.19. The number of rotatable bonds is 1. The molecule has 0 fully saturated rings. The average molecular weight is 140 g/mol. The van der Waals surface area contributed by atoms with E-state index in [2.05, 4.69) is 10.2 Å². The summed E-state index contributed by atoms with van der Waals surface area (Å²) >= 11 is 0. The first-order valence-corrected chi connectivity index (χ1v) is 2.55. The van der Waals surface area contributed by atoms with Crippen molar-refractivity contribution in [2.75, 3.05) is 0 Å². The molecule has 0 aromatic carbocycles. The fraction of sp³-hybridized carbons (Fsp3) is 0.200. The standard InChI is InChI=1S/C5H4N2O3/c8-4-2-7-6-1-3(4)5(9)10/h1-3H,(H,9,10). The van der Waals surface area contributed by atoms with Crippen LogP contribution in [0.4, 0.5) is 0 Å². The summed E-state index contributed by atoms with van der Waals surface area (Å²) in [6, 6.07) is 0. The Morgan fingerprint density at radius 1 is 1.60 bits per heavy atom. The molecule has 5 heteroatoms. The monoisotopic (exact) mass is 140 g/mol. The van der Waals surface area contributed by atoms with Crippen molar-refractivity contribution in [2.24, 2.45) is 16.1 Å². The van der Waals surface area contributed by atoms with Crippen LogP contribution in [0, 0.1) is 5.92 Å². The lowest BCUT2D eigenvalue weighted by atomic mass is 10.1. The summed E-state index contributed by atoms with van der Waals surface area (Å²) in [5, 5.41) is 14.8. The van der Waals surface area contributed by atoms with Gasteiger partial charge in [-0.3, -0.25) is 9.59 Å². The Bertz CT molecular complexity index is 231. The second kappa shape index (κ2) is 2.38. The molecule has 1 aliphatic heterocycles. The molecule has 1 N–H and O–H groups in total. The molecule has 10 heavy (non-hydrogen) atoms. The van der Waals surface area contributed by atoms with E-state index < -0.39 is 17.7 Å². The summed E-state index contributed by atoms with van der Waals surface area (Å²) < 4.78 is 0. The molecule has 1 rings (SSSR count). The lowest BCUT2D eigenvalue weighted by Crippen LogP contribution is -2.27. The van der Waals surface area contributed by atoms with Crippen molar-refractivity contribution in [2.45, 2.75) is 0 Å². The zero-order valence-electron chi connectivity index (χ0n) is 4.89. The van der Waals surface area contributed by atoms with Crippen LogP contribution in [0.3, 0.4) is 0 Å². The van der Waals surface area contributed by atoms with Gasteiger partial charge in [-0.15, -0.1) is 0 Å². The van der Waals surface area contributed by atoms with Crippen molar-refractivity contribution in [3.05, 3.63) is 0 Å². The number of hydrogen-bond donors (Lipinski definition) is 1. The van der Waals surface area contributed by atoms with Crippen molar-refractivity contribution in [3.8, 4) is 0 Å². The van der Waals surface area contributed by atoms with Crippen molar-refractivity contribution >= 4 is 24.2 Å². The van der Waals surface area contributed by atoms with Gasteiger partial charge >= 0.3 is 5.97 Å². The molecule has 1 atom stereocenters. The Balaban J connectivity index is 2.80. The van der Waals surface area contributed by atoms with Gasteiger partial charge in [0.2, 0.25) is 0 Å². The first-order valence-electron chi connectivity index (χ1n) is 2.55. The van der Waals surface area contributed by atoms with E-state index >= 15 is 0 Å². The van der Waals surface area contributed by atoms with Crippen molar-refractivity contribution < 1.29 is 14.7 Å². The molecular formula is C5H4N2O3. The number of Topliss-reactive ketones (excluding diaryl/α,β-unsaturated/α-hetero) is 1. The average Bonchev–Trinajstić information content (AvgIpc) is 1.88. The van der Waals surface area contributed by atoms with Crippen LogP contribution < -0.4 is 0 Å². The molecule has 0 radical (unpaired) electrons. The fourth-order valence-electron chi connectivity index (χ4n) is 0.535. The number of carbonyl (C=O) groups excluding carboxylic acids is 1. The van der Waals surface area contributed by atoms with Gasteiger partial charge in [-0.25, -0.2) is 0 Å². The van der Waals surface area contributed by atoms with Crippen LogP contribution in [0.25, 0.3) is 0 Å². The highest BCUT2D eigenvalue weighted by Gasteiger charge is 2.24. The van der Waals surface area contributed by atoms with E-state index in [0.29, 0.717) is 0 Å². The fourth-order valence-corrected chi connectivity index (χ4v) is 0.535. The van der Waals surface area contributed by atoms with Crippen molar-refractivity contribution in [1.82, 2.24) is 0 Å². The maximum absolute atomic E-state index is 10.6. The molecule has 0 spiro atoms. The highest BCUT2D eigenvalue weighted by atomic mass is 16.4. The number of carbonyl (C=O) groups is 2. The predicted octanol–water partition coefficient (Wildman–Crippen LogP) is -0.673. The number of carboxylic acid groups (broad SMARTS) is 1. The topological polar surface area (TPSA) is 79.1 Å². The molecule has 52 valence electrons. The highest BCUT2D eigenvalue weighted by molar-refractivity contribution is 6.37. The summed E-state index contributed by atoms with van der Waals surface area (Å²) in [6.07, 6.45) is 1.91. The molecule has 1 heterocycles. The molecule has 0 saturated heterocycles. The molecule has 0 aromatic heterocycles. The molecule has 0 saturated carbocycles. The summed E-state index contributed by atoms with van der Waals surface area (Å²) in [5.74, 6) is -2.88. The summed E-state index contributed by atoms with van der Waals surface area (Å²) in [5.41, 5.74) is 0. The van der Waals surface area contributed by atoms with E-state index in [1.54, 1.807) is 0 Å². The maximum atomic E-state index is 10.6. The van der Waals surface area contributed by atoms with Crippen LogP contribution in [0.1, 0.15) is 0 Å². The smallest absolute Gasteiger partial charge is 0.320 e. The van der Waals surface area contributed by atoms with Crippen LogP contribution in [0.5, 0.6) is 0 Å². The van der Waals surface area contributed by atoms with Crippen molar-refractivity contribution in [1.29, 1.82) is 0 Å². The molecule has 0 aromatic rings. The summed E-state index contributed by atoms with van der Waals surface area (Å²) in [6.45, 7) is 0. The quantitative estimate of drug-likeness (QED) is 0.490. The Morgan fingerprint density at radius 3 is 2.70 bits per heavy atom. The number of ketones is 1. The number of carboxylic acids is 1. The molecule has 1 aliphatic rings. The van der Waals surface area contributed by atoms with Crippen LogP contribution in [0.2, 0.25) is 0 Å². The number of aliphatic carboxylic acids is 1. The predicted molar refractivity (Wildman–Crippen MR) is 33.1 cm³/mol. The second-order valence-corrected chi connectivity index (χ2v) is 1.73. The van der Waals surface area contributed by atoms with E-state index in [1.165, 1.54) is 0 Å². The van der Waals surface area contributed by atoms with E-state index in [0.717, 1.165) is 12.4 Å². The van der Waals surface area contributed by atoms with E-state index in [4.69, 9.17) is 5.11 Å². The Morgan fingerprint density at radius 2 is 2.30 bits per heavy atom. The lowest BCUT2D eigenvalue weighted by Gasteiger charge is -2.02. The molecule has 0 amide bonds. The third-order valence-corrected chi connectivity index (χ3v) is 1.04. The lowest BCUT2D eigenvalue weighted by molar-refractivity contribution is -0.141. The normalized spacial score (nSPS) is 23.2. The van der Waals surface area contributed by atoms with Gasteiger partial charge in [-0.2, -0.15) is 10.2 Å². The first kappa shape index (κ1) is 6.60. The van der Waals surface area contributed by atoms with Gasteiger partial charge in [0.15, 0.2) is 11.7 Å². The molecule has 0 aliphatic carbocycles. The van der Waals surface area contributed by atoms with Gasteiger partial charge in [0.25, 0.3) is 0 Å². The summed E-state index contributed by atoms with van der Waals surface area (Å²) in [7, 11) is 0. The Hall–Kier alpha value is -1.52. The third kappa shape index (κ3) is 1.07.